The molecular formula is C14H14ClFN2O. The normalized spacial score (nSPS) is 12.3. The molecule has 0 saturated carbocycles. The van der Waals surface area contributed by atoms with Gasteiger partial charge in [-0.05, 0) is 31.5 Å². The van der Waals surface area contributed by atoms with Crippen LogP contribution in [-0.2, 0) is 0 Å². The van der Waals surface area contributed by atoms with Gasteiger partial charge in [0.15, 0.2) is 0 Å². The van der Waals surface area contributed by atoms with Gasteiger partial charge in [-0.25, -0.2) is 4.39 Å². The van der Waals surface area contributed by atoms with Crippen LogP contribution in [0.4, 0.5) is 4.39 Å². The monoisotopic (exact) mass is 280 g/mol. The van der Waals surface area contributed by atoms with Gasteiger partial charge in [0.1, 0.15) is 17.3 Å². The summed E-state index contributed by atoms with van der Waals surface area (Å²) in [5.74, 6) is 0.697. The van der Waals surface area contributed by atoms with E-state index in [1.807, 2.05) is 0 Å². The second-order valence-electron chi connectivity index (χ2n) is 4.37. The molecule has 0 amide bonds. The van der Waals surface area contributed by atoms with Crippen LogP contribution in [0.15, 0.2) is 30.6 Å². The third-order valence-corrected chi connectivity index (χ3v) is 2.90. The Kier molecular flexibility index (Phi) is 4.02. The van der Waals surface area contributed by atoms with E-state index in [4.69, 9.17) is 22.1 Å². The van der Waals surface area contributed by atoms with E-state index in [1.54, 1.807) is 26.0 Å². The van der Waals surface area contributed by atoms with E-state index in [9.17, 15) is 4.39 Å². The average Bonchev–Trinajstić information content (AvgIpc) is 2.33. The molecule has 1 aromatic heterocycles. The first kappa shape index (κ1) is 13.8. The Morgan fingerprint density at radius 1 is 1.32 bits per heavy atom. The van der Waals surface area contributed by atoms with Crippen LogP contribution in [0.3, 0.4) is 0 Å². The number of hydrogen-bond donors (Lipinski definition) is 1. The SMILES string of the molecule is Cc1cc(Oc2cncc(Cl)c2)c(C(C)N)cc1F. The van der Waals surface area contributed by atoms with Crippen LogP contribution >= 0.6 is 11.6 Å². The molecule has 5 heteroatoms. The summed E-state index contributed by atoms with van der Waals surface area (Å²) < 4.78 is 19.3. The molecule has 0 aliphatic carbocycles. The molecular weight excluding hydrogens is 267 g/mol. The largest absolute Gasteiger partial charge is 0.455 e. The second-order valence-corrected chi connectivity index (χ2v) is 4.81. The Bertz CT molecular complexity index is 602. The first-order chi connectivity index (χ1) is 8.97. The van der Waals surface area contributed by atoms with Gasteiger partial charge in [0.05, 0.1) is 11.2 Å². The standard InChI is InChI=1S/C14H14ClFN2O/c1-8-3-14(12(9(2)17)5-13(8)16)19-11-4-10(15)6-18-7-11/h3-7,9H,17H2,1-2H3. The maximum Gasteiger partial charge on any atom is 0.147 e. The van der Waals surface area contributed by atoms with Crippen molar-refractivity contribution >= 4 is 11.6 Å². The van der Waals surface area contributed by atoms with E-state index in [2.05, 4.69) is 4.98 Å². The second kappa shape index (κ2) is 5.55. The maximum atomic E-state index is 13.6. The molecule has 0 aliphatic rings. The Morgan fingerprint density at radius 2 is 2.05 bits per heavy atom. The van der Waals surface area contributed by atoms with Crippen molar-refractivity contribution in [2.45, 2.75) is 19.9 Å². The van der Waals surface area contributed by atoms with Gasteiger partial charge in [0, 0.05) is 23.9 Å². The zero-order valence-corrected chi connectivity index (χ0v) is 11.4. The van der Waals surface area contributed by atoms with E-state index >= 15 is 0 Å². The molecule has 2 aromatic rings. The van der Waals surface area contributed by atoms with E-state index in [0.717, 1.165) is 0 Å². The number of ether oxygens (including phenoxy) is 1. The fraction of sp³-hybridized carbons (Fsp3) is 0.214. The summed E-state index contributed by atoms with van der Waals surface area (Å²) in [6.45, 7) is 3.44. The van der Waals surface area contributed by atoms with Crippen molar-refractivity contribution in [3.63, 3.8) is 0 Å². The molecule has 2 N–H and O–H groups in total. The van der Waals surface area contributed by atoms with Crippen LogP contribution in [0, 0.1) is 12.7 Å². The highest BCUT2D eigenvalue weighted by Crippen LogP contribution is 2.31. The van der Waals surface area contributed by atoms with Crippen molar-refractivity contribution in [1.82, 2.24) is 4.98 Å². The fourth-order valence-electron chi connectivity index (χ4n) is 1.69. The topological polar surface area (TPSA) is 48.1 Å². The minimum absolute atomic E-state index is 0.302. The number of benzene rings is 1. The lowest BCUT2D eigenvalue weighted by atomic mass is 10.1. The number of nitrogens with two attached hydrogens (primary N) is 1. The van der Waals surface area contributed by atoms with Crippen LogP contribution in [-0.4, -0.2) is 4.98 Å². The van der Waals surface area contributed by atoms with Crippen molar-refractivity contribution in [3.05, 3.63) is 52.6 Å². The summed E-state index contributed by atoms with van der Waals surface area (Å²) in [5, 5.41) is 0.471. The summed E-state index contributed by atoms with van der Waals surface area (Å²) in [7, 11) is 0. The van der Waals surface area contributed by atoms with Crippen molar-refractivity contribution < 1.29 is 9.13 Å². The molecule has 0 radical (unpaired) electrons. The van der Waals surface area contributed by atoms with Crippen molar-refractivity contribution in [2.24, 2.45) is 5.73 Å². The first-order valence-corrected chi connectivity index (χ1v) is 6.19. The Balaban J connectivity index is 2.41. The highest BCUT2D eigenvalue weighted by Gasteiger charge is 2.13. The van der Waals surface area contributed by atoms with E-state index in [-0.39, 0.29) is 11.9 Å². The maximum absolute atomic E-state index is 13.6. The van der Waals surface area contributed by atoms with Crippen LogP contribution in [0.1, 0.15) is 24.1 Å². The molecule has 100 valence electrons. The van der Waals surface area contributed by atoms with Gasteiger partial charge in [0.2, 0.25) is 0 Å². The zero-order valence-electron chi connectivity index (χ0n) is 10.7. The number of aromatic nitrogens is 1. The predicted octanol–water partition coefficient (Wildman–Crippen LogP) is 3.99. The summed E-state index contributed by atoms with van der Waals surface area (Å²) in [6, 6.07) is 4.32. The highest BCUT2D eigenvalue weighted by atomic mass is 35.5. The lowest BCUT2D eigenvalue weighted by molar-refractivity contribution is 0.466. The number of halogens is 2. The Labute approximate surface area is 116 Å². The molecule has 3 nitrogen and oxygen atoms in total. The molecule has 19 heavy (non-hydrogen) atoms. The van der Waals surface area contributed by atoms with Gasteiger partial charge in [-0.1, -0.05) is 11.6 Å². The van der Waals surface area contributed by atoms with Gasteiger partial charge in [-0.2, -0.15) is 0 Å². The molecule has 0 saturated heterocycles. The van der Waals surface area contributed by atoms with Crippen LogP contribution in [0.25, 0.3) is 0 Å². The molecule has 2 rings (SSSR count). The predicted molar refractivity (Wildman–Crippen MR) is 73.1 cm³/mol. The van der Waals surface area contributed by atoms with Gasteiger partial charge >= 0.3 is 0 Å². The summed E-state index contributed by atoms with van der Waals surface area (Å²) >= 11 is 5.84. The van der Waals surface area contributed by atoms with Gasteiger partial charge in [0.25, 0.3) is 0 Å². The number of hydrogen-bond acceptors (Lipinski definition) is 3. The lowest BCUT2D eigenvalue weighted by Gasteiger charge is -2.15. The molecule has 1 atom stereocenters. The van der Waals surface area contributed by atoms with Gasteiger partial charge < -0.3 is 10.5 Å². The first-order valence-electron chi connectivity index (χ1n) is 5.81. The minimum Gasteiger partial charge on any atom is -0.455 e. The Hall–Kier alpha value is -1.65. The van der Waals surface area contributed by atoms with Crippen LogP contribution in [0.5, 0.6) is 11.5 Å². The number of pyridine rings is 1. The molecule has 0 fully saturated rings. The molecule has 0 aliphatic heterocycles. The van der Waals surface area contributed by atoms with Crippen molar-refractivity contribution in [3.8, 4) is 11.5 Å². The third-order valence-electron chi connectivity index (χ3n) is 2.69. The summed E-state index contributed by atoms with van der Waals surface area (Å²) in [5.41, 5.74) is 6.92. The van der Waals surface area contributed by atoms with E-state index in [1.165, 1.54) is 18.5 Å². The Morgan fingerprint density at radius 3 is 2.68 bits per heavy atom. The quantitative estimate of drug-likeness (QED) is 0.924. The molecule has 1 aromatic carbocycles. The molecule has 1 unspecified atom stereocenters. The number of nitrogens with zero attached hydrogens (tertiary/aromatic N) is 1. The van der Waals surface area contributed by atoms with Gasteiger partial charge in [-0.15, -0.1) is 0 Å². The van der Waals surface area contributed by atoms with Crippen molar-refractivity contribution in [2.75, 3.05) is 0 Å². The van der Waals surface area contributed by atoms with E-state index in [0.29, 0.717) is 27.6 Å². The average molecular weight is 281 g/mol. The molecule has 0 bridgehead atoms. The summed E-state index contributed by atoms with van der Waals surface area (Å²) in [6.07, 6.45) is 3.05. The fourth-order valence-corrected chi connectivity index (χ4v) is 1.85. The lowest BCUT2D eigenvalue weighted by Crippen LogP contribution is -2.08. The molecule has 0 spiro atoms. The highest BCUT2D eigenvalue weighted by molar-refractivity contribution is 6.30. The zero-order chi connectivity index (χ0) is 14.0. The number of aryl methyl sites for hydroxylation is 1. The smallest absolute Gasteiger partial charge is 0.147 e. The number of rotatable bonds is 3. The van der Waals surface area contributed by atoms with Crippen LogP contribution < -0.4 is 10.5 Å². The summed E-state index contributed by atoms with van der Waals surface area (Å²) in [4.78, 5) is 3.93. The minimum atomic E-state index is -0.336. The van der Waals surface area contributed by atoms with Crippen LogP contribution in [0.2, 0.25) is 5.02 Å². The molecule has 1 heterocycles. The third kappa shape index (κ3) is 3.22. The van der Waals surface area contributed by atoms with Crippen molar-refractivity contribution in [1.29, 1.82) is 0 Å². The van der Waals surface area contributed by atoms with Gasteiger partial charge in [-0.3, -0.25) is 4.98 Å². The van der Waals surface area contributed by atoms with E-state index < -0.39 is 0 Å².